The van der Waals surface area contributed by atoms with E-state index < -0.39 is 60.3 Å². The molecule has 0 aromatic carbocycles. The minimum atomic E-state index is -1.59. The smallest absolute Gasteiger partial charge is 0.410 e. The molecule has 1 saturated carbocycles. The van der Waals surface area contributed by atoms with Crippen molar-refractivity contribution in [2.75, 3.05) is 20.7 Å². The van der Waals surface area contributed by atoms with Crippen molar-refractivity contribution in [3.63, 3.8) is 0 Å². The van der Waals surface area contributed by atoms with Crippen molar-refractivity contribution < 1.29 is 43.8 Å². The van der Waals surface area contributed by atoms with Gasteiger partial charge in [0.2, 0.25) is 6.29 Å². The molecule has 12 heteroatoms. The van der Waals surface area contributed by atoms with Crippen LogP contribution in [0.2, 0.25) is 0 Å². The van der Waals surface area contributed by atoms with Gasteiger partial charge in [-0.05, 0) is 59.6 Å². The van der Waals surface area contributed by atoms with Crippen LogP contribution in [-0.4, -0.2) is 113 Å². The number of rotatable bonds is 7. The lowest BCUT2D eigenvalue weighted by Gasteiger charge is -2.50. The van der Waals surface area contributed by atoms with Crippen LogP contribution in [0.3, 0.4) is 0 Å². The van der Waals surface area contributed by atoms with Crippen molar-refractivity contribution in [2.24, 2.45) is 11.7 Å². The van der Waals surface area contributed by atoms with E-state index in [4.69, 9.17) is 29.4 Å². The zero-order valence-electron chi connectivity index (χ0n) is 24.5. The minimum Gasteiger partial charge on any atom is -0.468 e. The number of nitrogens with one attached hydrogen (secondary N) is 1. The first-order chi connectivity index (χ1) is 18.1. The van der Waals surface area contributed by atoms with E-state index in [0.29, 0.717) is 19.3 Å². The predicted octanol–water partition coefficient (Wildman–Crippen LogP) is 0.817. The van der Waals surface area contributed by atoms with E-state index in [1.54, 1.807) is 27.8 Å². The fourth-order valence-electron chi connectivity index (χ4n) is 5.60. The molecular formula is C27H49N3O9. The van der Waals surface area contributed by atoms with Crippen molar-refractivity contribution in [2.45, 2.75) is 127 Å². The Kier molecular flexibility index (Phi) is 10.3. The molecule has 1 aliphatic carbocycles. The molecule has 0 bridgehead atoms. The zero-order valence-corrected chi connectivity index (χ0v) is 24.5. The second kappa shape index (κ2) is 12.6. The number of hydrogen-bond donors (Lipinski definition) is 5. The van der Waals surface area contributed by atoms with Crippen LogP contribution in [-0.2, 0) is 23.7 Å². The molecule has 12 nitrogen and oxygen atoms in total. The first kappa shape index (κ1) is 32.0. The van der Waals surface area contributed by atoms with E-state index in [0.717, 1.165) is 10.7 Å². The number of nitrogens with zero attached hydrogens (tertiary/aromatic N) is 1. The summed E-state index contributed by atoms with van der Waals surface area (Å²) in [5.74, 6) is 0.736. The van der Waals surface area contributed by atoms with Crippen LogP contribution in [0.15, 0.2) is 11.8 Å². The van der Waals surface area contributed by atoms with Gasteiger partial charge in [0, 0.05) is 19.5 Å². The van der Waals surface area contributed by atoms with Crippen LogP contribution in [0, 0.1) is 5.92 Å². The van der Waals surface area contributed by atoms with Gasteiger partial charge in [-0.25, -0.2) is 4.79 Å². The Morgan fingerprint density at radius 1 is 1.23 bits per heavy atom. The van der Waals surface area contributed by atoms with E-state index in [2.05, 4.69) is 5.32 Å². The third kappa shape index (κ3) is 7.42. The Hall–Kier alpha value is -1.51. The highest BCUT2D eigenvalue weighted by Gasteiger charge is 2.53. The van der Waals surface area contributed by atoms with Crippen molar-refractivity contribution in [3.05, 3.63) is 11.8 Å². The Morgan fingerprint density at radius 3 is 2.46 bits per heavy atom. The average molecular weight is 560 g/mol. The molecule has 1 unspecified atom stereocenters. The quantitative estimate of drug-likeness (QED) is 0.300. The van der Waals surface area contributed by atoms with Crippen molar-refractivity contribution >= 4 is 6.09 Å². The van der Waals surface area contributed by atoms with Crippen LogP contribution < -0.4 is 11.1 Å². The van der Waals surface area contributed by atoms with Gasteiger partial charge in [-0.15, -0.1) is 0 Å². The Morgan fingerprint density at radius 2 is 1.87 bits per heavy atom. The van der Waals surface area contributed by atoms with Gasteiger partial charge in [-0.1, -0.05) is 13.8 Å². The second-order valence-electron chi connectivity index (χ2n) is 12.3. The number of ether oxygens (including phenoxy) is 5. The summed E-state index contributed by atoms with van der Waals surface area (Å²) in [7, 11) is 3.21. The normalized spacial score (nSPS) is 41.4. The molecule has 2 aliphatic heterocycles. The molecule has 226 valence electrons. The lowest BCUT2D eigenvalue weighted by molar-refractivity contribution is -0.313. The fraction of sp³-hybridized carbons (Fsp3) is 0.889. The SMILES string of the molecule is CCC1=CC[C@@H](N)[C@@H](OC2[C@@H](C)C[C@@H](NC)[C@H](O[C@H]3OC[C@](C)(O)[C@H](N(C)C(=O)OC(C)(C)C)[C@H]3O)[C@H]2O)O1. The number of aliphatic hydroxyl groups excluding tert-OH is 2. The first-order valence-corrected chi connectivity index (χ1v) is 13.8. The van der Waals surface area contributed by atoms with Crippen LogP contribution in [0.1, 0.15) is 60.8 Å². The topological polar surface area (TPSA) is 165 Å². The highest BCUT2D eigenvalue weighted by Crippen LogP contribution is 2.36. The maximum absolute atomic E-state index is 12.8. The van der Waals surface area contributed by atoms with Gasteiger partial charge in [0.1, 0.15) is 29.5 Å². The molecule has 0 spiro atoms. The third-order valence-corrected chi connectivity index (χ3v) is 7.67. The lowest BCUT2D eigenvalue weighted by atomic mass is 9.80. The molecule has 0 aromatic rings. The number of carbonyl (C=O) groups excluding carboxylic acids is 1. The van der Waals surface area contributed by atoms with Gasteiger partial charge in [0.25, 0.3) is 0 Å². The summed E-state index contributed by atoms with van der Waals surface area (Å²) in [5.41, 5.74) is 3.90. The zero-order chi connectivity index (χ0) is 29.3. The van der Waals surface area contributed by atoms with Crippen LogP contribution in [0.25, 0.3) is 0 Å². The van der Waals surface area contributed by atoms with Gasteiger partial charge < -0.3 is 55.0 Å². The van der Waals surface area contributed by atoms with E-state index in [9.17, 15) is 20.1 Å². The molecular weight excluding hydrogens is 510 g/mol. The molecule has 2 heterocycles. The summed E-state index contributed by atoms with van der Waals surface area (Å²) in [4.78, 5) is 13.9. The Balaban J connectivity index is 1.77. The number of hydrogen-bond acceptors (Lipinski definition) is 11. The summed E-state index contributed by atoms with van der Waals surface area (Å²) in [6.07, 6.45) is -2.83. The molecule has 11 atom stereocenters. The maximum Gasteiger partial charge on any atom is 0.410 e. The van der Waals surface area contributed by atoms with E-state index in [1.165, 1.54) is 14.0 Å². The van der Waals surface area contributed by atoms with E-state index >= 15 is 0 Å². The molecule has 3 aliphatic rings. The Bertz CT molecular complexity index is 864. The summed E-state index contributed by atoms with van der Waals surface area (Å²) < 4.78 is 29.6. The van der Waals surface area contributed by atoms with E-state index in [1.807, 2.05) is 19.9 Å². The maximum atomic E-state index is 12.8. The largest absolute Gasteiger partial charge is 0.468 e. The highest BCUT2D eigenvalue weighted by molar-refractivity contribution is 5.68. The monoisotopic (exact) mass is 559 g/mol. The van der Waals surface area contributed by atoms with Gasteiger partial charge in [0.15, 0.2) is 6.29 Å². The minimum absolute atomic E-state index is 0.0620. The third-order valence-electron chi connectivity index (χ3n) is 7.67. The van der Waals surface area contributed by atoms with Gasteiger partial charge >= 0.3 is 6.09 Å². The van der Waals surface area contributed by atoms with Crippen LogP contribution >= 0.6 is 0 Å². The first-order valence-electron chi connectivity index (χ1n) is 13.8. The van der Waals surface area contributed by atoms with Crippen LogP contribution in [0.4, 0.5) is 4.79 Å². The number of likely N-dealkylation sites (N-methyl/N-ethyl adjacent to an activating group) is 2. The van der Waals surface area contributed by atoms with Crippen LogP contribution in [0.5, 0.6) is 0 Å². The standard InChI is InChI=1S/C27H49N3O9/c1-9-15-10-11-16(28)23(36-15)37-20-14(2)12-17(29-7)21(18(20)31)38-24-19(32)22(27(6,34)13-35-24)30(8)25(33)39-26(3,4)5/h10,14,16-24,29,31-32,34H,9,11-13,28H2,1-8H3/t14-,16+,17+,18-,19+,20?,21-,22+,23+,24+,27-/m0/s1. The highest BCUT2D eigenvalue weighted by atomic mass is 16.7. The fourth-order valence-corrected chi connectivity index (χ4v) is 5.60. The average Bonchev–Trinajstić information content (AvgIpc) is 2.84. The Labute approximate surface area is 231 Å². The summed E-state index contributed by atoms with van der Waals surface area (Å²) in [6.45, 7) is 10.4. The predicted molar refractivity (Wildman–Crippen MR) is 142 cm³/mol. The number of aliphatic hydroxyl groups is 3. The van der Waals surface area contributed by atoms with Gasteiger partial charge in [0.05, 0.1) is 30.6 Å². The molecule has 3 rings (SSSR count). The number of amides is 1. The van der Waals surface area contributed by atoms with Crippen molar-refractivity contribution in [1.29, 1.82) is 0 Å². The molecule has 0 radical (unpaired) electrons. The molecule has 2 fully saturated rings. The summed E-state index contributed by atoms with van der Waals surface area (Å²) in [6, 6.07) is -1.77. The number of allylic oxidation sites excluding steroid dienone is 1. The summed E-state index contributed by atoms with van der Waals surface area (Å²) >= 11 is 0. The molecule has 6 N–H and O–H groups in total. The molecule has 1 saturated heterocycles. The van der Waals surface area contributed by atoms with Gasteiger partial charge in [-0.2, -0.15) is 0 Å². The second-order valence-corrected chi connectivity index (χ2v) is 12.3. The lowest BCUT2D eigenvalue weighted by Crippen LogP contribution is -2.69. The number of carbonyl (C=O) groups is 1. The summed E-state index contributed by atoms with van der Waals surface area (Å²) in [5, 5.41) is 37.0. The van der Waals surface area contributed by atoms with Crippen molar-refractivity contribution in [3.8, 4) is 0 Å². The molecule has 39 heavy (non-hydrogen) atoms. The van der Waals surface area contributed by atoms with E-state index in [-0.39, 0.29) is 24.6 Å². The van der Waals surface area contributed by atoms with Gasteiger partial charge in [-0.3, -0.25) is 0 Å². The molecule has 0 aromatic heterocycles. The van der Waals surface area contributed by atoms with Crippen molar-refractivity contribution in [1.82, 2.24) is 10.2 Å². The number of nitrogens with two attached hydrogens (primary N) is 1. The molecule has 1 amide bonds.